The van der Waals surface area contributed by atoms with Crippen LogP contribution in [0.25, 0.3) is 0 Å². The lowest BCUT2D eigenvalue weighted by Gasteiger charge is -2.10. The van der Waals surface area contributed by atoms with Gasteiger partial charge in [-0.1, -0.05) is 18.2 Å². The van der Waals surface area contributed by atoms with Crippen LogP contribution in [0, 0.1) is 23.3 Å². The van der Waals surface area contributed by atoms with Crippen LogP contribution in [0.2, 0.25) is 0 Å². The molecular weight excluding hydrogens is 448 g/mol. The van der Waals surface area contributed by atoms with Crippen molar-refractivity contribution in [2.45, 2.75) is 4.90 Å². The lowest BCUT2D eigenvalue weighted by atomic mass is 10.2. The minimum atomic E-state index is -1.68. The van der Waals surface area contributed by atoms with Crippen molar-refractivity contribution in [3.63, 3.8) is 0 Å². The second-order valence-electron chi connectivity index (χ2n) is 6.35. The van der Waals surface area contributed by atoms with Crippen molar-refractivity contribution in [1.82, 2.24) is 0 Å². The molecule has 0 bridgehead atoms. The molecular formula is C22H16F4N2O3S. The van der Waals surface area contributed by atoms with Gasteiger partial charge >= 0.3 is 0 Å². The van der Waals surface area contributed by atoms with Crippen LogP contribution in [0.5, 0.6) is 5.75 Å². The summed E-state index contributed by atoms with van der Waals surface area (Å²) in [7, 11) is 0. The highest BCUT2D eigenvalue weighted by atomic mass is 32.2. The Bertz CT molecular complexity index is 1090. The van der Waals surface area contributed by atoms with Gasteiger partial charge in [0.05, 0.1) is 5.75 Å². The monoisotopic (exact) mass is 464 g/mol. The van der Waals surface area contributed by atoms with Crippen LogP contribution in [0.15, 0.2) is 65.6 Å². The SMILES string of the molecule is O=C(COc1ccccc1)Nc1ccc(SCC(=O)Nc2c(F)c(F)cc(F)c2F)cc1. The lowest BCUT2D eigenvalue weighted by Crippen LogP contribution is -2.20. The topological polar surface area (TPSA) is 67.4 Å². The number of rotatable bonds is 8. The molecule has 2 N–H and O–H groups in total. The molecule has 0 radical (unpaired) electrons. The first-order valence-electron chi connectivity index (χ1n) is 9.17. The molecule has 0 saturated heterocycles. The van der Waals surface area contributed by atoms with E-state index in [1.807, 2.05) is 11.4 Å². The number of halogens is 4. The molecule has 3 aromatic carbocycles. The average Bonchev–Trinajstić information content (AvgIpc) is 2.79. The third-order valence-corrected chi connectivity index (χ3v) is 5.01. The predicted molar refractivity (Wildman–Crippen MR) is 113 cm³/mol. The molecule has 0 heterocycles. The summed E-state index contributed by atoms with van der Waals surface area (Å²) in [5.41, 5.74) is -0.677. The van der Waals surface area contributed by atoms with Gasteiger partial charge < -0.3 is 15.4 Å². The third kappa shape index (κ3) is 6.24. The minimum Gasteiger partial charge on any atom is -0.484 e. The van der Waals surface area contributed by atoms with E-state index in [-0.39, 0.29) is 24.3 Å². The highest BCUT2D eigenvalue weighted by Gasteiger charge is 2.20. The van der Waals surface area contributed by atoms with E-state index in [0.29, 0.717) is 16.3 Å². The first kappa shape index (κ1) is 23.1. The van der Waals surface area contributed by atoms with Crippen molar-refractivity contribution in [3.8, 4) is 5.75 Å². The maximum Gasteiger partial charge on any atom is 0.262 e. The van der Waals surface area contributed by atoms with Crippen molar-refractivity contribution in [1.29, 1.82) is 0 Å². The fraction of sp³-hybridized carbons (Fsp3) is 0.0909. The van der Waals surface area contributed by atoms with Crippen LogP contribution < -0.4 is 15.4 Å². The minimum absolute atomic E-state index is 0.0587. The number of carbonyl (C=O) groups is 2. The molecule has 2 amide bonds. The van der Waals surface area contributed by atoms with Gasteiger partial charge in [0.2, 0.25) is 5.91 Å². The summed E-state index contributed by atoms with van der Waals surface area (Å²) < 4.78 is 59.0. The first-order valence-corrected chi connectivity index (χ1v) is 10.2. The van der Waals surface area contributed by atoms with Crippen molar-refractivity contribution < 1.29 is 31.9 Å². The summed E-state index contributed by atoms with van der Waals surface area (Å²) in [6.45, 7) is -0.172. The molecule has 166 valence electrons. The van der Waals surface area contributed by atoms with E-state index in [1.165, 1.54) is 0 Å². The number of hydrogen-bond acceptors (Lipinski definition) is 4. The number of hydrogen-bond donors (Lipinski definition) is 2. The van der Waals surface area contributed by atoms with Crippen LogP contribution in [0.3, 0.4) is 0 Å². The lowest BCUT2D eigenvalue weighted by molar-refractivity contribution is -0.118. The number of thioether (sulfide) groups is 1. The molecule has 32 heavy (non-hydrogen) atoms. The van der Waals surface area contributed by atoms with Crippen molar-refractivity contribution in [2.24, 2.45) is 0 Å². The molecule has 0 aromatic heterocycles. The number of carbonyl (C=O) groups excluding carboxylic acids is 2. The second-order valence-corrected chi connectivity index (χ2v) is 7.40. The van der Waals surface area contributed by atoms with Crippen molar-refractivity contribution in [3.05, 3.63) is 83.9 Å². The Labute approximate surface area is 184 Å². The van der Waals surface area contributed by atoms with Crippen molar-refractivity contribution in [2.75, 3.05) is 23.0 Å². The molecule has 0 aliphatic heterocycles. The van der Waals surface area contributed by atoms with E-state index in [1.54, 1.807) is 48.5 Å². The van der Waals surface area contributed by atoms with Gasteiger partial charge in [0.1, 0.15) is 11.4 Å². The standard InChI is InChI=1S/C22H16F4N2O3S/c23-16-10-17(24)21(26)22(20(16)25)28-19(30)12-32-15-8-6-13(7-9-15)27-18(29)11-31-14-4-2-1-3-5-14/h1-10H,11-12H2,(H,27,29)(H,28,30). The molecule has 0 aliphatic rings. The van der Waals surface area contributed by atoms with E-state index in [4.69, 9.17) is 4.74 Å². The first-order chi connectivity index (χ1) is 15.3. The zero-order valence-corrected chi connectivity index (χ0v) is 17.1. The quantitative estimate of drug-likeness (QED) is 0.280. The summed E-state index contributed by atoms with van der Waals surface area (Å²) in [4.78, 5) is 24.5. The van der Waals surface area contributed by atoms with Crippen LogP contribution in [0.1, 0.15) is 0 Å². The predicted octanol–water partition coefficient (Wildman–Crippen LogP) is 4.99. The molecule has 0 fully saturated rings. The number of nitrogens with one attached hydrogen (secondary N) is 2. The summed E-state index contributed by atoms with van der Waals surface area (Å²) in [6, 6.07) is 15.3. The summed E-state index contributed by atoms with van der Waals surface area (Å²) in [6.07, 6.45) is 0. The smallest absolute Gasteiger partial charge is 0.262 e. The Morgan fingerprint density at radius 3 is 2.06 bits per heavy atom. The highest BCUT2D eigenvalue weighted by Crippen LogP contribution is 2.25. The molecule has 3 rings (SSSR count). The van der Waals surface area contributed by atoms with Gasteiger partial charge in [-0.05, 0) is 36.4 Å². The average molecular weight is 464 g/mol. The third-order valence-electron chi connectivity index (χ3n) is 4.00. The van der Waals surface area contributed by atoms with Gasteiger partial charge in [0, 0.05) is 16.6 Å². The Morgan fingerprint density at radius 1 is 0.812 bits per heavy atom. The van der Waals surface area contributed by atoms with Crippen LogP contribution >= 0.6 is 11.8 Å². The van der Waals surface area contributed by atoms with E-state index >= 15 is 0 Å². The van der Waals surface area contributed by atoms with Gasteiger partial charge in [0.25, 0.3) is 5.91 Å². The van der Waals surface area contributed by atoms with Gasteiger partial charge in [-0.2, -0.15) is 0 Å². The molecule has 3 aromatic rings. The molecule has 5 nitrogen and oxygen atoms in total. The maximum absolute atomic E-state index is 13.6. The van der Waals surface area contributed by atoms with Crippen molar-refractivity contribution >= 4 is 35.0 Å². The Kier molecular flexibility index (Phi) is 7.72. The highest BCUT2D eigenvalue weighted by molar-refractivity contribution is 8.00. The Balaban J connectivity index is 1.48. The van der Waals surface area contributed by atoms with Crippen LogP contribution in [-0.4, -0.2) is 24.2 Å². The molecule has 0 aliphatic carbocycles. The summed E-state index contributed by atoms with van der Waals surface area (Å²) in [5, 5.41) is 4.49. The second kappa shape index (κ2) is 10.7. The van der Waals surface area contributed by atoms with E-state index in [2.05, 4.69) is 5.32 Å². The molecule has 0 atom stereocenters. The van der Waals surface area contributed by atoms with Gasteiger partial charge in [-0.25, -0.2) is 17.6 Å². The van der Waals surface area contributed by atoms with Gasteiger partial charge in [0.15, 0.2) is 29.9 Å². The number of para-hydroxylation sites is 1. The van der Waals surface area contributed by atoms with Crippen LogP contribution in [-0.2, 0) is 9.59 Å². The summed E-state index contributed by atoms with van der Waals surface area (Å²) in [5.74, 6) is -7.51. The van der Waals surface area contributed by atoms with Gasteiger partial charge in [-0.15, -0.1) is 11.8 Å². The Morgan fingerprint density at radius 2 is 1.44 bits per heavy atom. The van der Waals surface area contributed by atoms with Crippen LogP contribution in [0.4, 0.5) is 28.9 Å². The molecule has 0 saturated carbocycles. The fourth-order valence-electron chi connectivity index (χ4n) is 2.50. The summed E-state index contributed by atoms with van der Waals surface area (Å²) >= 11 is 1.02. The normalized spacial score (nSPS) is 10.5. The number of anilines is 2. The fourth-order valence-corrected chi connectivity index (χ4v) is 3.20. The Hall–Kier alpha value is -3.53. The zero-order valence-electron chi connectivity index (χ0n) is 16.3. The number of amides is 2. The molecule has 10 heteroatoms. The van der Waals surface area contributed by atoms with E-state index in [9.17, 15) is 27.2 Å². The van der Waals surface area contributed by atoms with Gasteiger partial charge in [-0.3, -0.25) is 9.59 Å². The molecule has 0 unspecified atom stereocenters. The number of benzene rings is 3. The maximum atomic E-state index is 13.6. The molecule has 0 spiro atoms. The van der Waals surface area contributed by atoms with E-state index < -0.39 is 34.9 Å². The number of ether oxygens (including phenoxy) is 1. The van der Waals surface area contributed by atoms with E-state index in [0.717, 1.165) is 11.8 Å². The zero-order chi connectivity index (χ0) is 23.1. The largest absolute Gasteiger partial charge is 0.484 e.